The van der Waals surface area contributed by atoms with Gasteiger partial charge in [-0.1, -0.05) is 37.1 Å². The number of pyridine rings is 1. The van der Waals surface area contributed by atoms with Gasteiger partial charge in [-0.2, -0.15) is 0 Å². The number of aryl methyl sites for hydroxylation is 2. The van der Waals surface area contributed by atoms with Crippen molar-refractivity contribution in [3.63, 3.8) is 0 Å². The van der Waals surface area contributed by atoms with Gasteiger partial charge in [-0.3, -0.25) is 4.79 Å². The van der Waals surface area contributed by atoms with E-state index in [2.05, 4.69) is 35.4 Å². The standard InChI is InChI=1S/C23H24N4OS/c1-4-29-25-15-11-18(21-20(12-15)27(3)22(24-21)14-9-10-14)19-13-26(2)23(28)17-8-6-5-7-16(17)19/h5-8,11-14,25H,4,9-10H2,1-3H3. The number of imidazole rings is 1. The molecule has 0 aliphatic heterocycles. The van der Waals surface area contributed by atoms with Crippen LogP contribution in [0.25, 0.3) is 32.9 Å². The third-order valence-corrected chi connectivity index (χ3v) is 6.35. The second-order valence-electron chi connectivity index (χ2n) is 7.73. The summed E-state index contributed by atoms with van der Waals surface area (Å²) in [5, 5.41) is 1.70. The van der Waals surface area contributed by atoms with Gasteiger partial charge >= 0.3 is 0 Å². The van der Waals surface area contributed by atoms with E-state index in [1.807, 2.05) is 37.5 Å². The maximum atomic E-state index is 12.7. The van der Waals surface area contributed by atoms with Crippen LogP contribution in [0.2, 0.25) is 0 Å². The molecule has 1 N–H and O–H groups in total. The highest BCUT2D eigenvalue weighted by atomic mass is 32.2. The molecule has 5 nitrogen and oxygen atoms in total. The lowest BCUT2D eigenvalue weighted by Crippen LogP contribution is -2.16. The third kappa shape index (κ3) is 3.02. The Morgan fingerprint density at radius 3 is 2.62 bits per heavy atom. The van der Waals surface area contributed by atoms with Crippen LogP contribution in [-0.2, 0) is 14.1 Å². The molecule has 148 valence electrons. The van der Waals surface area contributed by atoms with E-state index in [1.54, 1.807) is 16.5 Å². The highest BCUT2D eigenvalue weighted by Crippen LogP contribution is 2.43. The number of aromatic nitrogens is 3. The van der Waals surface area contributed by atoms with Gasteiger partial charge < -0.3 is 13.9 Å². The molecule has 1 aliphatic rings. The third-order valence-electron chi connectivity index (χ3n) is 5.68. The van der Waals surface area contributed by atoms with Crippen LogP contribution in [0.1, 0.15) is 31.5 Å². The van der Waals surface area contributed by atoms with E-state index >= 15 is 0 Å². The predicted octanol–water partition coefficient (Wildman–Crippen LogP) is 5.05. The quantitative estimate of drug-likeness (QED) is 0.473. The van der Waals surface area contributed by atoms with E-state index in [4.69, 9.17) is 4.98 Å². The van der Waals surface area contributed by atoms with Crippen molar-refractivity contribution < 1.29 is 0 Å². The molecule has 6 heteroatoms. The molecule has 29 heavy (non-hydrogen) atoms. The minimum Gasteiger partial charge on any atom is -0.331 e. The summed E-state index contributed by atoms with van der Waals surface area (Å²) in [4.78, 5) is 17.7. The normalized spacial score (nSPS) is 14.0. The molecule has 0 saturated heterocycles. The number of nitrogens with zero attached hydrogens (tertiary/aromatic N) is 3. The summed E-state index contributed by atoms with van der Waals surface area (Å²) >= 11 is 1.68. The van der Waals surface area contributed by atoms with Gasteiger partial charge in [0.1, 0.15) is 5.82 Å². The van der Waals surface area contributed by atoms with Crippen molar-refractivity contribution in [2.45, 2.75) is 25.7 Å². The number of nitrogens with one attached hydrogen (secondary N) is 1. The first-order valence-corrected chi connectivity index (χ1v) is 11.0. The molecule has 1 aliphatic carbocycles. The molecule has 0 spiro atoms. The zero-order valence-corrected chi connectivity index (χ0v) is 17.7. The number of hydrogen-bond donors (Lipinski definition) is 1. The van der Waals surface area contributed by atoms with Crippen molar-refractivity contribution in [1.82, 2.24) is 14.1 Å². The molecule has 1 saturated carbocycles. The first kappa shape index (κ1) is 18.3. The van der Waals surface area contributed by atoms with Crippen LogP contribution in [0.15, 0.2) is 47.4 Å². The van der Waals surface area contributed by atoms with Gasteiger partial charge in [-0.25, -0.2) is 4.98 Å². The molecular weight excluding hydrogens is 380 g/mol. The molecule has 0 radical (unpaired) electrons. The summed E-state index contributed by atoms with van der Waals surface area (Å²) in [5.74, 6) is 2.71. The Balaban J connectivity index is 1.84. The Bertz CT molecular complexity index is 1300. The Morgan fingerprint density at radius 2 is 1.90 bits per heavy atom. The van der Waals surface area contributed by atoms with Gasteiger partial charge in [0.25, 0.3) is 5.56 Å². The maximum Gasteiger partial charge on any atom is 0.258 e. The molecule has 2 aromatic heterocycles. The smallest absolute Gasteiger partial charge is 0.258 e. The largest absolute Gasteiger partial charge is 0.331 e. The molecule has 2 aromatic carbocycles. The summed E-state index contributed by atoms with van der Waals surface area (Å²) < 4.78 is 7.37. The molecule has 0 bridgehead atoms. The van der Waals surface area contributed by atoms with E-state index in [0.29, 0.717) is 5.92 Å². The minimum absolute atomic E-state index is 0.0242. The Morgan fingerprint density at radius 1 is 1.14 bits per heavy atom. The van der Waals surface area contributed by atoms with E-state index in [1.165, 1.54) is 12.8 Å². The summed E-state index contributed by atoms with van der Waals surface area (Å²) in [6, 6.07) is 12.2. The van der Waals surface area contributed by atoms with Crippen LogP contribution in [-0.4, -0.2) is 19.9 Å². The maximum absolute atomic E-state index is 12.7. The molecule has 1 fully saturated rings. The van der Waals surface area contributed by atoms with Crippen LogP contribution in [0, 0.1) is 0 Å². The van der Waals surface area contributed by atoms with E-state index in [0.717, 1.165) is 50.2 Å². The topological polar surface area (TPSA) is 51.9 Å². The lowest BCUT2D eigenvalue weighted by atomic mass is 9.99. The van der Waals surface area contributed by atoms with Gasteiger partial charge in [-0.05, 0) is 36.4 Å². The molecule has 0 unspecified atom stereocenters. The highest BCUT2D eigenvalue weighted by molar-refractivity contribution is 8.00. The number of rotatable bonds is 5. The number of hydrogen-bond acceptors (Lipinski definition) is 4. The molecule has 4 aromatic rings. The molecular formula is C23H24N4OS. The van der Waals surface area contributed by atoms with E-state index in [9.17, 15) is 4.79 Å². The summed E-state index contributed by atoms with van der Waals surface area (Å²) in [5.41, 5.74) is 5.32. The highest BCUT2D eigenvalue weighted by Gasteiger charge is 2.29. The van der Waals surface area contributed by atoms with Crippen molar-refractivity contribution in [2.24, 2.45) is 14.1 Å². The molecule has 0 amide bonds. The molecule has 2 heterocycles. The van der Waals surface area contributed by atoms with Crippen LogP contribution >= 0.6 is 11.9 Å². The first-order chi connectivity index (χ1) is 14.1. The van der Waals surface area contributed by atoms with Crippen LogP contribution in [0.5, 0.6) is 0 Å². The van der Waals surface area contributed by atoms with Crippen molar-refractivity contribution >= 4 is 39.4 Å². The second-order valence-corrected chi connectivity index (χ2v) is 8.80. The van der Waals surface area contributed by atoms with Crippen molar-refractivity contribution in [1.29, 1.82) is 0 Å². The lowest BCUT2D eigenvalue weighted by Gasteiger charge is -2.13. The van der Waals surface area contributed by atoms with Crippen LogP contribution < -0.4 is 10.3 Å². The minimum atomic E-state index is 0.0242. The van der Waals surface area contributed by atoms with Gasteiger partial charge in [-0.15, -0.1) is 0 Å². The van der Waals surface area contributed by atoms with Crippen LogP contribution in [0.3, 0.4) is 0 Å². The van der Waals surface area contributed by atoms with Gasteiger partial charge in [0, 0.05) is 54.2 Å². The average Bonchev–Trinajstić information content (AvgIpc) is 3.53. The Kier molecular flexibility index (Phi) is 4.39. The van der Waals surface area contributed by atoms with Crippen molar-refractivity contribution in [3.05, 3.63) is 58.8 Å². The van der Waals surface area contributed by atoms with Crippen molar-refractivity contribution in [3.8, 4) is 11.1 Å². The number of anilines is 1. The van der Waals surface area contributed by atoms with Crippen molar-refractivity contribution in [2.75, 3.05) is 10.5 Å². The predicted molar refractivity (Wildman–Crippen MR) is 123 cm³/mol. The Labute approximate surface area is 173 Å². The summed E-state index contributed by atoms with van der Waals surface area (Å²) in [6.45, 7) is 2.13. The molecule has 5 rings (SSSR count). The van der Waals surface area contributed by atoms with E-state index < -0.39 is 0 Å². The summed E-state index contributed by atoms with van der Waals surface area (Å²) in [6.07, 6.45) is 4.37. The van der Waals surface area contributed by atoms with Gasteiger partial charge in [0.05, 0.1) is 11.0 Å². The fourth-order valence-electron chi connectivity index (χ4n) is 4.06. The average molecular weight is 405 g/mol. The van der Waals surface area contributed by atoms with E-state index in [-0.39, 0.29) is 5.56 Å². The van der Waals surface area contributed by atoms with Gasteiger partial charge in [0.2, 0.25) is 0 Å². The molecule has 0 atom stereocenters. The SMILES string of the molecule is CCSNc1cc(-c2cn(C)c(=O)c3ccccc23)c2nc(C3CC3)n(C)c2c1. The number of benzene rings is 2. The van der Waals surface area contributed by atoms with Gasteiger partial charge in [0.15, 0.2) is 0 Å². The first-order valence-electron chi connectivity index (χ1n) is 10.1. The zero-order chi connectivity index (χ0) is 20.1. The second kappa shape index (κ2) is 6.95. The van der Waals surface area contributed by atoms with Crippen LogP contribution in [0.4, 0.5) is 5.69 Å². The Hall–Kier alpha value is -2.73. The monoisotopic (exact) mass is 404 g/mol. The summed E-state index contributed by atoms with van der Waals surface area (Å²) in [7, 11) is 3.93. The zero-order valence-electron chi connectivity index (χ0n) is 16.9. The number of fused-ring (bicyclic) bond motifs is 2. The fraction of sp³-hybridized carbons (Fsp3) is 0.304. The lowest BCUT2D eigenvalue weighted by molar-refractivity contribution is 0.820. The fourth-order valence-corrected chi connectivity index (χ4v) is 4.49.